The zero-order valence-corrected chi connectivity index (χ0v) is 11.6. The lowest BCUT2D eigenvalue weighted by atomic mass is 10.1. The highest BCUT2D eigenvalue weighted by Gasteiger charge is 2.26. The van der Waals surface area contributed by atoms with Gasteiger partial charge in [0.15, 0.2) is 0 Å². The molecule has 4 nitrogen and oxygen atoms in total. The van der Waals surface area contributed by atoms with E-state index >= 15 is 0 Å². The van der Waals surface area contributed by atoms with Gasteiger partial charge < -0.3 is 14.8 Å². The largest absolute Gasteiger partial charge is 0.461 e. The van der Waals surface area contributed by atoms with Gasteiger partial charge in [0.2, 0.25) is 0 Å². The molecule has 5 heteroatoms. The van der Waals surface area contributed by atoms with E-state index in [0.717, 1.165) is 35.9 Å². The van der Waals surface area contributed by atoms with Gasteiger partial charge in [0, 0.05) is 11.6 Å². The van der Waals surface area contributed by atoms with E-state index in [2.05, 4.69) is 9.97 Å². The van der Waals surface area contributed by atoms with Gasteiger partial charge in [-0.2, -0.15) is 4.98 Å². The maximum Gasteiger partial charge on any atom is 0.294 e. The fourth-order valence-electron chi connectivity index (χ4n) is 2.63. The molecule has 1 heterocycles. The third kappa shape index (κ3) is 2.55. The topological polar surface area (TPSA) is 58.1 Å². The number of hydrogen-bond donors (Lipinski definition) is 2. The van der Waals surface area contributed by atoms with E-state index < -0.39 is 0 Å². The van der Waals surface area contributed by atoms with Crippen molar-refractivity contribution in [3.05, 3.63) is 22.7 Å². The molecule has 2 N–H and O–H groups in total. The second-order valence-electron chi connectivity index (χ2n) is 5.26. The molecule has 0 amide bonds. The van der Waals surface area contributed by atoms with E-state index in [-0.39, 0.29) is 12.7 Å². The van der Waals surface area contributed by atoms with Crippen molar-refractivity contribution in [2.75, 3.05) is 6.61 Å². The molecule has 1 aliphatic rings. The van der Waals surface area contributed by atoms with Gasteiger partial charge in [-0.15, -0.1) is 0 Å². The van der Waals surface area contributed by atoms with Crippen LogP contribution in [0.25, 0.3) is 11.0 Å². The minimum absolute atomic E-state index is 0.147. The van der Waals surface area contributed by atoms with Crippen LogP contribution in [-0.4, -0.2) is 27.8 Å². The molecule has 0 unspecified atom stereocenters. The molecule has 0 bridgehead atoms. The van der Waals surface area contributed by atoms with Crippen LogP contribution in [0, 0.1) is 12.8 Å². The molecule has 19 heavy (non-hydrogen) atoms. The first-order valence-corrected chi connectivity index (χ1v) is 6.97. The van der Waals surface area contributed by atoms with Crippen molar-refractivity contribution >= 4 is 22.6 Å². The maximum atomic E-state index is 9.13. The van der Waals surface area contributed by atoms with Gasteiger partial charge in [0.25, 0.3) is 6.01 Å². The highest BCUT2D eigenvalue weighted by molar-refractivity contribution is 6.32. The van der Waals surface area contributed by atoms with Crippen molar-refractivity contribution in [2.45, 2.75) is 32.3 Å². The number of imidazole rings is 1. The molecule has 1 saturated carbocycles. The summed E-state index contributed by atoms with van der Waals surface area (Å²) in [6.07, 6.45) is 3.04. The van der Waals surface area contributed by atoms with Gasteiger partial charge in [0.05, 0.1) is 11.0 Å². The van der Waals surface area contributed by atoms with E-state index in [1.165, 1.54) is 0 Å². The monoisotopic (exact) mass is 280 g/mol. The number of nitrogens with one attached hydrogen (secondary N) is 1. The summed E-state index contributed by atoms with van der Waals surface area (Å²) in [7, 11) is 0. The fourth-order valence-corrected chi connectivity index (χ4v) is 2.79. The van der Waals surface area contributed by atoms with Crippen LogP contribution in [0.1, 0.15) is 24.8 Å². The van der Waals surface area contributed by atoms with Gasteiger partial charge >= 0.3 is 0 Å². The van der Waals surface area contributed by atoms with E-state index in [1.54, 1.807) is 0 Å². The molecule has 1 fully saturated rings. The first kappa shape index (κ1) is 12.8. The van der Waals surface area contributed by atoms with E-state index in [9.17, 15) is 0 Å². The SMILES string of the molecule is Cc1cc2[nH]c(O[C@@H]3CC[C@H](CO)C3)nc2cc1Cl. The number of benzene rings is 1. The molecule has 0 spiro atoms. The number of aromatic amines is 1. The Labute approximate surface area is 116 Å². The number of fused-ring (bicyclic) bond motifs is 1. The molecule has 1 aliphatic carbocycles. The number of H-pyrrole nitrogens is 1. The van der Waals surface area contributed by atoms with Gasteiger partial charge in [-0.1, -0.05) is 11.6 Å². The Morgan fingerprint density at radius 3 is 3.05 bits per heavy atom. The third-order valence-electron chi connectivity index (χ3n) is 3.77. The summed E-state index contributed by atoms with van der Waals surface area (Å²) in [5.74, 6) is 0.367. The van der Waals surface area contributed by atoms with E-state index in [4.69, 9.17) is 21.4 Å². The Morgan fingerprint density at radius 2 is 2.32 bits per heavy atom. The molecule has 3 rings (SSSR count). The molecule has 102 valence electrons. The molecule has 1 aromatic carbocycles. The number of hydrogen-bond acceptors (Lipinski definition) is 3. The first-order chi connectivity index (χ1) is 9.15. The Kier molecular flexibility index (Phi) is 3.37. The van der Waals surface area contributed by atoms with Crippen molar-refractivity contribution in [3.8, 4) is 6.01 Å². The molecule has 2 atom stereocenters. The molecule has 2 aromatic rings. The van der Waals surface area contributed by atoms with E-state index in [0.29, 0.717) is 17.0 Å². The summed E-state index contributed by atoms with van der Waals surface area (Å²) in [6.45, 7) is 2.21. The molecular formula is C14H17ClN2O2. The van der Waals surface area contributed by atoms with Crippen LogP contribution in [-0.2, 0) is 0 Å². The van der Waals surface area contributed by atoms with Gasteiger partial charge in [-0.05, 0) is 49.8 Å². The lowest BCUT2D eigenvalue weighted by molar-refractivity contribution is 0.173. The summed E-state index contributed by atoms with van der Waals surface area (Å²) in [5.41, 5.74) is 2.78. The molecule has 0 saturated heterocycles. The normalized spacial score (nSPS) is 23.1. The van der Waals surface area contributed by atoms with Crippen LogP contribution in [0.3, 0.4) is 0 Å². The van der Waals surface area contributed by atoms with Crippen LogP contribution in [0.5, 0.6) is 6.01 Å². The molecule has 1 aromatic heterocycles. The number of aliphatic hydroxyl groups excluding tert-OH is 1. The van der Waals surface area contributed by atoms with Crippen molar-refractivity contribution in [2.24, 2.45) is 5.92 Å². The van der Waals surface area contributed by atoms with Crippen molar-refractivity contribution in [3.63, 3.8) is 0 Å². The summed E-state index contributed by atoms with van der Waals surface area (Å²) < 4.78 is 5.85. The number of halogens is 1. The number of aryl methyl sites for hydroxylation is 1. The lowest BCUT2D eigenvalue weighted by Crippen LogP contribution is -2.13. The predicted molar refractivity (Wildman–Crippen MR) is 74.7 cm³/mol. The number of nitrogens with zero attached hydrogens (tertiary/aromatic N) is 1. The summed E-state index contributed by atoms with van der Waals surface area (Å²) >= 11 is 6.08. The molecule has 0 radical (unpaired) electrons. The zero-order valence-electron chi connectivity index (χ0n) is 10.8. The fraction of sp³-hybridized carbons (Fsp3) is 0.500. The second kappa shape index (κ2) is 5.02. The van der Waals surface area contributed by atoms with Gasteiger partial charge in [-0.25, -0.2) is 0 Å². The summed E-state index contributed by atoms with van der Waals surface area (Å²) in [4.78, 5) is 7.57. The minimum Gasteiger partial charge on any atom is -0.461 e. The first-order valence-electron chi connectivity index (χ1n) is 6.59. The van der Waals surface area contributed by atoms with Crippen molar-refractivity contribution in [1.29, 1.82) is 0 Å². The Balaban J connectivity index is 1.78. The standard InChI is InChI=1S/C14H17ClN2O2/c1-8-4-12-13(6-11(8)15)17-14(16-12)19-10-3-2-9(5-10)7-18/h4,6,9-10,18H,2-3,5,7H2,1H3,(H,16,17)/t9-,10+/m0/s1. The zero-order chi connectivity index (χ0) is 13.4. The van der Waals surface area contributed by atoms with Crippen LogP contribution in [0.15, 0.2) is 12.1 Å². The number of rotatable bonds is 3. The van der Waals surface area contributed by atoms with Gasteiger partial charge in [-0.3, -0.25) is 0 Å². The van der Waals surface area contributed by atoms with Crippen LogP contribution >= 0.6 is 11.6 Å². The van der Waals surface area contributed by atoms with Crippen molar-refractivity contribution < 1.29 is 9.84 Å². The molecular weight excluding hydrogens is 264 g/mol. The highest BCUT2D eigenvalue weighted by Crippen LogP contribution is 2.29. The van der Waals surface area contributed by atoms with Crippen LogP contribution < -0.4 is 4.74 Å². The number of aliphatic hydroxyl groups is 1. The third-order valence-corrected chi connectivity index (χ3v) is 4.18. The Bertz CT molecular complexity index is 557. The Morgan fingerprint density at radius 1 is 1.47 bits per heavy atom. The quantitative estimate of drug-likeness (QED) is 0.908. The summed E-state index contributed by atoms with van der Waals surface area (Å²) in [5, 5.41) is 9.85. The predicted octanol–water partition coefficient (Wildman–Crippen LogP) is 3.06. The molecule has 0 aliphatic heterocycles. The van der Waals surface area contributed by atoms with E-state index in [1.807, 2.05) is 19.1 Å². The average molecular weight is 281 g/mol. The van der Waals surface area contributed by atoms with Crippen LogP contribution in [0.2, 0.25) is 5.02 Å². The summed E-state index contributed by atoms with van der Waals surface area (Å²) in [6, 6.07) is 4.36. The highest BCUT2D eigenvalue weighted by atomic mass is 35.5. The average Bonchev–Trinajstić information content (AvgIpc) is 2.97. The Hall–Kier alpha value is -1.26. The van der Waals surface area contributed by atoms with Crippen LogP contribution in [0.4, 0.5) is 0 Å². The van der Waals surface area contributed by atoms with Crippen molar-refractivity contribution in [1.82, 2.24) is 9.97 Å². The second-order valence-corrected chi connectivity index (χ2v) is 5.67. The minimum atomic E-state index is 0.147. The number of ether oxygens (including phenoxy) is 1. The smallest absolute Gasteiger partial charge is 0.294 e. The van der Waals surface area contributed by atoms with Gasteiger partial charge in [0.1, 0.15) is 6.10 Å². The maximum absolute atomic E-state index is 9.13. The lowest BCUT2D eigenvalue weighted by Gasteiger charge is -2.10. The number of aromatic nitrogens is 2.